The van der Waals surface area contributed by atoms with Gasteiger partial charge in [0.05, 0.1) is 0 Å². The van der Waals surface area contributed by atoms with Crippen LogP contribution in [0.2, 0.25) is 0 Å². The number of amides is 1. The van der Waals surface area contributed by atoms with E-state index in [2.05, 4.69) is 33.1 Å². The number of benzene rings is 1. The van der Waals surface area contributed by atoms with E-state index < -0.39 is 0 Å². The van der Waals surface area contributed by atoms with Crippen LogP contribution in [0.1, 0.15) is 5.56 Å². The van der Waals surface area contributed by atoms with Gasteiger partial charge in [-0.05, 0) is 53.3 Å². The van der Waals surface area contributed by atoms with E-state index in [0.29, 0.717) is 5.69 Å². The van der Waals surface area contributed by atoms with Crippen molar-refractivity contribution in [1.29, 1.82) is 0 Å². The lowest BCUT2D eigenvalue weighted by Gasteiger charge is -2.04. The molecule has 0 saturated heterocycles. The van der Waals surface area contributed by atoms with Crippen LogP contribution >= 0.6 is 22.6 Å². The molecule has 0 spiro atoms. The maximum absolute atomic E-state index is 11.0. The van der Waals surface area contributed by atoms with Crippen molar-refractivity contribution < 1.29 is 4.79 Å². The molecule has 1 rings (SSSR count). The number of rotatable bonds is 3. The molecule has 1 N–H and O–H groups in total. The van der Waals surface area contributed by atoms with Crippen LogP contribution in [0.5, 0.6) is 0 Å². The standard InChI is InChI=1S/C9H9IN2O2/c1-6-4-7(2-3-8(6)10)12-9(13)5-11-14/h2-4H,5H2,1H3,(H,12,13). The molecule has 14 heavy (non-hydrogen) atoms. The number of hydrogen-bond acceptors (Lipinski definition) is 3. The van der Waals surface area contributed by atoms with E-state index in [9.17, 15) is 9.70 Å². The zero-order valence-electron chi connectivity index (χ0n) is 7.58. The number of carbonyl (C=O) groups is 1. The normalized spacial score (nSPS) is 9.57. The molecular formula is C9H9IN2O2. The summed E-state index contributed by atoms with van der Waals surface area (Å²) in [6.07, 6.45) is 0. The van der Waals surface area contributed by atoms with Gasteiger partial charge < -0.3 is 5.32 Å². The summed E-state index contributed by atoms with van der Waals surface area (Å²) < 4.78 is 1.13. The lowest BCUT2D eigenvalue weighted by molar-refractivity contribution is -0.114. The van der Waals surface area contributed by atoms with E-state index in [-0.39, 0.29) is 12.5 Å². The lowest BCUT2D eigenvalue weighted by atomic mass is 10.2. The summed E-state index contributed by atoms with van der Waals surface area (Å²) in [5, 5.41) is 5.08. The molecule has 0 aliphatic carbocycles. The smallest absolute Gasteiger partial charge is 0.249 e. The van der Waals surface area contributed by atoms with Crippen molar-refractivity contribution in [3.8, 4) is 0 Å². The molecule has 1 amide bonds. The zero-order valence-corrected chi connectivity index (χ0v) is 9.74. The molecule has 1 aromatic rings. The van der Waals surface area contributed by atoms with Gasteiger partial charge in [-0.2, -0.15) is 4.91 Å². The van der Waals surface area contributed by atoms with Crippen LogP contribution < -0.4 is 5.32 Å². The van der Waals surface area contributed by atoms with E-state index in [1.165, 1.54) is 0 Å². The Labute approximate surface area is 95.2 Å². The molecule has 0 aliphatic heterocycles. The number of anilines is 1. The molecular weight excluding hydrogens is 295 g/mol. The van der Waals surface area contributed by atoms with Crippen LogP contribution in [0.25, 0.3) is 0 Å². The third-order valence-electron chi connectivity index (χ3n) is 1.65. The first-order valence-electron chi connectivity index (χ1n) is 3.98. The topological polar surface area (TPSA) is 58.5 Å². The second-order valence-electron chi connectivity index (χ2n) is 2.80. The number of nitrogens with zero attached hydrogens (tertiary/aromatic N) is 1. The van der Waals surface area contributed by atoms with Gasteiger partial charge in [0.1, 0.15) is 0 Å². The van der Waals surface area contributed by atoms with E-state index in [1.807, 2.05) is 19.1 Å². The second kappa shape index (κ2) is 5.04. The first kappa shape index (κ1) is 11.1. The molecule has 0 aliphatic rings. The van der Waals surface area contributed by atoms with Crippen molar-refractivity contribution in [3.05, 3.63) is 32.2 Å². The molecule has 5 heteroatoms. The summed E-state index contributed by atoms with van der Waals surface area (Å²) in [6.45, 7) is 1.61. The number of carbonyl (C=O) groups excluding carboxylic acids is 1. The number of hydrogen-bond donors (Lipinski definition) is 1. The summed E-state index contributed by atoms with van der Waals surface area (Å²) >= 11 is 2.21. The number of nitrogens with one attached hydrogen (secondary N) is 1. The molecule has 1 aromatic carbocycles. The van der Waals surface area contributed by atoms with E-state index >= 15 is 0 Å². The quantitative estimate of drug-likeness (QED) is 0.688. The maximum Gasteiger partial charge on any atom is 0.249 e. The molecule has 4 nitrogen and oxygen atoms in total. The highest BCUT2D eigenvalue weighted by Gasteiger charge is 2.02. The fourth-order valence-electron chi connectivity index (χ4n) is 0.982. The van der Waals surface area contributed by atoms with Crippen LogP contribution in [0.4, 0.5) is 5.69 Å². The Hall–Kier alpha value is -0.980. The van der Waals surface area contributed by atoms with Crippen LogP contribution in [0.15, 0.2) is 23.4 Å². The van der Waals surface area contributed by atoms with Crippen LogP contribution in [-0.2, 0) is 4.79 Å². The van der Waals surface area contributed by atoms with Gasteiger partial charge in [-0.3, -0.25) is 4.79 Å². The van der Waals surface area contributed by atoms with Gasteiger partial charge in [0.15, 0.2) is 6.54 Å². The highest BCUT2D eigenvalue weighted by atomic mass is 127. The summed E-state index contributed by atoms with van der Waals surface area (Å²) in [5.41, 5.74) is 1.78. The Bertz CT molecular complexity index is 366. The minimum atomic E-state index is -0.388. The minimum Gasteiger partial charge on any atom is -0.324 e. The summed E-state index contributed by atoms with van der Waals surface area (Å²) in [4.78, 5) is 20.8. The summed E-state index contributed by atoms with van der Waals surface area (Å²) in [7, 11) is 0. The van der Waals surface area contributed by atoms with Gasteiger partial charge >= 0.3 is 0 Å². The van der Waals surface area contributed by atoms with E-state index in [4.69, 9.17) is 0 Å². The number of halogens is 1. The van der Waals surface area contributed by atoms with Crippen molar-refractivity contribution in [2.24, 2.45) is 5.18 Å². The van der Waals surface area contributed by atoms with Gasteiger partial charge in [-0.15, -0.1) is 0 Å². The SMILES string of the molecule is Cc1cc(NC(=O)CN=O)ccc1I. The Morgan fingerprint density at radius 3 is 2.86 bits per heavy atom. The van der Waals surface area contributed by atoms with Crippen molar-refractivity contribution in [2.75, 3.05) is 11.9 Å². The first-order valence-corrected chi connectivity index (χ1v) is 5.06. The fraction of sp³-hybridized carbons (Fsp3) is 0.222. The minimum absolute atomic E-state index is 0.342. The molecule has 0 atom stereocenters. The Balaban J connectivity index is 2.72. The number of nitroso groups, excluding NO2 is 1. The highest BCUT2D eigenvalue weighted by molar-refractivity contribution is 14.1. The summed E-state index contributed by atoms with van der Waals surface area (Å²) in [6, 6.07) is 5.54. The molecule has 0 fully saturated rings. The maximum atomic E-state index is 11.0. The van der Waals surface area contributed by atoms with Gasteiger partial charge in [-0.25, -0.2) is 0 Å². The van der Waals surface area contributed by atoms with Crippen LogP contribution in [-0.4, -0.2) is 12.5 Å². The number of aryl methyl sites for hydroxylation is 1. The molecule has 0 aromatic heterocycles. The van der Waals surface area contributed by atoms with Crippen molar-refractivity contribution in [1.82, 2.24) is 0 Å². The predicted octanol–water partition coefficient (Wildman–Crippen LogP) is 2.30. The monoisotopic (exact) mass is 304 g/mol. The van der Waals surface area contributed by atoms with Gasteiger partial charge in [0.25, 0.3) is 0 Å². The molecule has 0 radical (unpaired) electrons. The predicted molar refractivity (Wildman–Crippen MR) is 63.2 cm³/mol. The van der Waals surface area contributed by atoms with Crippen LogP contribution in [0, 0.1) is 15.4 Å². The Kier molecular flexibility index (Phi) is 3.99. The third kappa shape index (κ3) is 3.06. The molecule has 0 unspecified atom stereocenters. The Morgan fingerprint density at radius 1 is 1.57 bits per heavy atom. The van der Waals surface area contributed by atoms with Crippen molar-refractivity contribution >= 4 is 34.2 Å². The van der Waals surface area contributed by atoms with Gasteiger partial charge in [0, 0.05) is 9.26 Å². The summed E-state index contributed by atoms with van der Waals surface area (Å²) in [5.74, 6) is -0.388. The lowest BCUT2D eigenvalue weighted by Crippen LogP contribution is -2.14. The molecule has 0 bridgehead atoms. The molecule has 0 saturated carbocycles. The molecule has 74 valence electrons. The average molecular weight is 304 g/mol. The van der Waals surface area contributed by atoms with Crippen LogP contribution in [0.3, 0.4) is 0 Å². The van der Waals surface area contributed by atoms with Gasteiger partial charge in [-0.1, -0.05) is 5.18 Å². The fourth-order valence-corrected chi connectivity index (χ4v) is 1.32. The van der Waals surface area contributed by atoms with E-state index in [0.717, 1.165) is 9.13 Å². The molecule has 0 heterocycles. The third-order valence-corrected chi connectivity index (χ3v) is 2.86. The first-order chi connectivity index (χ1) is 6.63. The Morgan fingerprint density at radius 2 is 2.29 bits per heavy atom. The highest BCUT2D eigenvalue weighted by Crippen LogP contribution is 2.16. The van der Waals surface area contributed by atoms with Crippen molar-refractivity contribution in [2.45, 2.75) is 6.92 Å². The largest absolute Gasteiger partial charge is 0.324 e. The second-order valence-corrected chi connectivity index (χ2v) is 3.96. The van der Waals surface area contributed by atoms with Crippen molar-refractivity contribution in [3.63, 3.8) is 0 Å². The van der Waals surface area contributed by atoms with Gasteiger partial charge in [0.2, 0.25) is 5.91 Å². The zero-order chi connectivity index (χ0) is 10.6. The average Bonchev–Trinajstić information content (AvgIpc) is 2.12. The van der Waals surface area contributed by atoms with E-state index in [1.54, 1.807) is 6.07 Å².